The molecule has 178 valence electrons. The third-order valence-electron chi connectivity index (χ3n) is 7.91. The van der Waals surface area contributed by atoms with E-state index in [-0.39, 0.29) is 24.1 Å². The van der Waals surface area contributed by atoms with E-state index in [1.807, 2.05) is 36.4 Å². The average molecular weight is 472 g/mol. The fraction of sp³-hybridized carbons (Fsp3) is 0.370. The van der Waals surface area contributed by atoms with Gasteiger partial charge in [0, 0.05) is 35.9 Å². The summed E-state index contributed by atoms with van der Waals surface area (Å²) in [5, 5.41) is 12.6. The Labute approximate surface area is 195 Å². The number of benzene rings is 2. The van der Waals surface area contributed by atoms with Crippen molar-refractivity contribution < 1.29 is 27.2 Å². The third kappa shape index (κ3) is 3.91. The first-order chi connectivity index (χ1) is 16.2. The number of alkyl halides is 3. The Morgan fingerprint density at radius 3 is 2.71 bits per heavy atom. The van der Waals surface area contributed by atoms with E-state index in [4.69, 9.17) is 0 Å². The number of pyridine rings is 1. The number of piperidine rings is 3. The lowest BCUT2D eigenvalue weighted by Crippen LogP contribution is -2.67. The molecule has 3 aliphatic rings. The fourth-order valence-electron chi connectivity index (χ4n) is 6.16. The van der Waals surface area contributed by atoms with Crippen molar-refractivity contribution in [2.24, 2.45) is 11.8 Å². The van der Waals surface area contributed by atoms with Crippen LogP contribution in [-0.4, -0.2) is 33.7 Å². The van der Waals surface area contributed by atoms with Crippen LogP contribution >= 0.6 is 0 Å². The molecule has 3 nitrogen and oxygen atoms in total. The van der Waals surface area contributed by atoms with E-state index >= 15 is 0 Å². The van der Waals surface area contributed by atoms with Crippen LogP contribution in [0.4, 0.5) is 17.6 Å². The molecular formula is C27H27F4N2O+. The summed E-state index contributed by atoms with van der Waals surface area (Å²) >= 11 is 0. The van der Waals surface area contributed by atoms with Gasteiger partial charge >= 0.3 is 6.18 Å². The van der Waals surface area contributed by atoms with Gasteiger partial charge < -0.3 is 9.59 Å². The molecule has 2 bridgehead atoms. The molecule has 4 heterocycles. The Morgan fingerprint density at radius 1 is 1.18 bits per heavy atom. The van der Waals surface area contributed by atoms with Gasteiger partial charge in [-0.25, -0.2) is 4.39 Å². The average Bonchev–Trinajstić information content (AvgIpc) is 2.84. The number of halogens is 4. The number of nitrogens with zero attached hydrogens (tertiary/aromatic N) is 2. The van der Waals surface area contributed by atoms with Crippen molar-refractivity contribution in [2.45, 2.75) is 37.7 Å². The lowest BCUT2D eigenvalue weighted by molar-refractivity contribution is -0.985. The summed E-state index contributed by atoms with van der Waals surface area (Å²) in [6.45, 7) is 5.63. The van der Waals surface area contributed by atoms with Gasteiger partial charge in [0.2, 0.25) is 0 Å². The summed E-state index contributed by atoms with van der Waals surface area (Å²) in [6.07, 6.45) is -0.117. The molecule has 7 heteroatoms. The monoisotopic (exact) mass is 471 g/mol. The number of fused-ring (bicyclic) bond motifs is 4. The summed E-state index contributed by atoms with van der Waals surface area (Å²) in [5.41, 5.74) is 0.825. The molecule has 5 atom stereocenters. The third-order valence-corrected chi connectivity index (χ3v) is 7.91. The van der Waals surface area contributed by atoms with E-state index in [0.29, 0.717) is 23.0 Å². The van der Waals surface area contributed by atoms with Crippen LogP contribution in [0.5, 0.6) is 0 Å². The molecule has 3 aliphatic heterocycles. The molecule has 34 heavy (non-hydrogen) atoms. The molecule has 1 aromatic heterocycles. The van der Waals surface area contributed by atoms with Gasteiger partial charge in [-0.2, -0.15) is 13.2 Å². The SMILES string of the molecule is C=CC1C[N@+]2(Cc3ccc(C(F)(F)F)cc3F)CCC1C[C@@H]2[C@@H](O)c1ccnc2ccccc12. The molecule has 3 fully saturated rings. The smallest absolute Gasteiger partial charge is 0.382 e. The van der Waals surface area contributed by atoms with Crippen LogP contribution in [-0.2, 0) is 12.7 Å². The predicted molar refractivity (Wildman–Crippen MR) is 122 cm³/mol. The summed E-state index contributed by atoms with van der Waals surface area (Å²) < 4.78 is 54.5. The normalized spacial score (nSPS) is 27.6. The molecule has 6 rings (SSSR count). The topological polar surface area (TPSA) is 33.1 Å². The number of rotatable bonds is 5. The highest BCUT2D eigenvalue weighted by molar-refractivity contribution is 5.82. The second-order valence-corrected chi connectivity index (χ2v) is 9.70. The standard InChI is InChI=1S/C27H27F4N2O/c1-2-17-15-33(16-19-7-8-20(14-23(19)28)27(29,30)31)12-10-18(17)13-25(33)26(34)22-9-11-32-24-6-4-3-5-21(22)24/h2-9,11,14,17-18,25-26,34H,1,10,12-13,15-16H2/q+1/t17?,18?,25-,26+,33+/m1/s1. The molecule has 0 radical (unpaired) electrons. The van der Waals surface area contributed by atoms with Gasteiger partial charge in [0.05, 0.1) is 24.2 Å². The fourth-order valence-corrected chi connectivity index (χ4v) is 6.16. The van der Waals surface area contributed by atoms with Crippen LogP contribution in [0.2, 0.25) is 0 Å². The molecule has 0 saturated carbocycles. The van der Waals surface area contributed by atoms with E-state index < -0.39 is 23.7 Å². The van der Waals surface area contributed by atoms with Gasteiger partial charge in [0.15, 0.2) is 0 Å². The number of aromatic nitrogens is 1. The van der Waals surface area contributed by atoms with Gasteiger partial charge in [-0.3, -0.25) is 4.98 Å². The number of hydrogen-bond donors (Lipinski definition) is 1. The minimum Gasteiger partial charge on any atom is -0.382 e. The van der Waals surface area contributed by atoms with Crippen LogP contribution in [0.25, 0.3) is 10.9 Å². The summed E-state index contributed by atoms with van der Waals surface area (Å²) in [7, 11) is 0. The molecule has 2 unspecified atom stereocenters. The Kier molecular flexibility index (Phi) is 5.73. The van der Waals surface area contributed by atoms with Crippen LogP contribution in [0.1, 0.15) is 35.6 Å². The van der Waals surface area contributed by atoms with E-state index in [0.717, 1.165) is 41.9 Å². The first-order valence-corrected chi connectivity index (χ1v) is 11.6. The van der Waals surface area contributed by atoms with Gasteiger partial charge in [-0.1, -0.05) is 24.3 Å². The zero-order valence-corrected chi connectivity index (χ0v) is 18.7. The van der Waals surface area contributed by atoms with Crippen LogP contribution in [0, 0.1) is 17.7 Å². The maximum atomic E-state index is 14.9. The minimum atomic E-state index is -4.59. The van der Waals surface area contributed by atoms with Crippen LogP contribution in [0.15, 0.2) is 67.4 Å². The van der Waals surface area contributed by atoms with Crippen molar-refractivity contribution in [1.29, 1.82) is 0 Å². The first kappa shape index (κ1) is 23.0. The number of aliphatic hydroxyl groups is 1. The zero-order chi connectivity index (χ0) is 24.1. The Bertz CT molecular complexity index is 1220. The second kappa shape index (κ2) is 8.47. The largest absolute Gasteiger partial charge is 0.416 e. The van der Waals surface area contributed by atoms with E-state index in [2.05, 4.69) is 11.6 Å². The van der Waals surface area contributed by atoms with Crippen LogP contribution in [0.3, 0.4) is 0 Å². The Hall–Kier alpha value is -2.77. The number of hydrogen-bond acceptors (Lipinski definition) is 2. The van der Waals surface area contributed by atoms with Crippen molar-refractivity contribution in [3.8, 4) is 0 Å². The van der Waals surface area contributed by atoms with Crippen molar-refractivity contribution in [3.05, 3.63) is 89.9 Å². The van der Waals surface area contributed by atoms with Gasteiger partial charge in [-0.05, 0) is 41.8 Å². The van der Waals surface area contributed by atoms with Crippen molar-refractivity contribution in [3.63, 3.8) is 0 Å². The molecule has 3 saturated heterocycles. The molecule has 0 aliphatic carbocycles. The summed E-state index contributed by atoms with van der Waals surface area (Å²) in [5.74, 6) is -0.251. The van der Waals surface area contributed by atoms with Gasteiger partial charge in [-0.15, -0.1) is 6.58 Å². The lowest BCUT2D eigenvalue weighted by Gasteiger charge is -2.58. The minimum absolute atomic E-state index is 0.206. The van der Waals surface area contributed by atoms with Crippen LogP contribution < -0.4 is 0 Å². The highest BCUT2D eigenvalue weighted by Gasteiger charge is 2.54. The van der Waals surface area contributed by atoms with Gasteiger partial charge in [0.1, 0.15) is 24.5 Å². The molecule has 3 aromatic rings. The summed E-state index contributed by atoms with van der Waals surface area (Å²) in [6, 6.07) is 12.0. The number of aliphatic hydroxyl groups excluding tert-OH is 1. The van der Waals surface area contributed by atoms with Crippen molar-refractivity contribution in [1.82, 2.24) is 4.98 Å². The molecule has 2 aromatic carbocycles. The quantitative estimate of drug-likeness (QED) is 0.280. The van der Waals surface area contributed by atoms with Gasteiger partial charge in [0.25, 0.3) is 0 Å². The highest BCUT2D eigenvalue weighted by Crippen LogP contribution is 2.48. The van der Waals surface area contributed by atoms with E-state index in [1.165, 1.54) is 6.07 Å². The molecular weight excluding hydrogens is 444 g/mol. The molecule has 0 amide bonds. The maximum absolute atomic E-state index is 14.9. The zero-order valence-electron chi connectivity index (χ0n) is 18.7. The first-order valence-electron chi connectivity index (χ1n) is 11.6. The highest BCUT2D eigenvalue weighted by atomic mass is 19.4. The Morgan fingerprint density at radius 2 is 1.97 bits per heavy atom. The molecule has 0 spiro atoms. The number of quaternary nitrogens is 1. The molecule has 1 N–H and O–H groups in total. The van der Waals surface area contributed by atoms with E-state index in [1.54, 1.807) is 6.20 Å². The predicted octanol–water partition coefficient (Wildman–Crippen LogP) is 6.04. The summed E-state index contributed by atoms with van der Waals surface area (Å²) in [4.78, 5) is 4.40. The van der Waals surface area contributed by atoms with Crippen molar-refractivity contribution >= 4 is 10.9 Å². The van der Waals surface area contributed by atoms with E-state index in [9.17, 15) is 22.7 Å². The lowest BCUT2D eigenvalue weighted by atomic mass is 9.71. The maximum Gasteiger partial charge on any atom is 0.416 e. The second-order valence-electron chi connectivity index (χ2n) is 9.70. The van der Waals surface area contributed by atoms with Crippen molar-refractivity contribution in [2.75, 3.05) is 13.1 Å². The Balaban J connectivity index is 1.54. The number of para-hydroxylation sites is 1.